The van der Waals surface area contributed by atoms with Crippen LogP contribution in [0.1, 0.15) is 25.0 Å². The first-order valence-electron chi connectivity index (χ1n) is 7.34. The minimum absolute atomic E-state index is 0.122. The van der Waals surface area contributed by atoms with Crippen LogP contribution in [0.15, 0.2) is 18.2 Å². The van der Waals surface area contributed by atoms with Crippen molar-refractivity contribution in [2.24, 2.45) is 5.73 Å². The smallest absolute Gasteiger partial charge is 0.241 e. The summed E-state index contributed by atoms with van der Waals surface area (Å²) >= 11 is 0. The number of hydrogen-bond acceptors (Lipinski definition) is 3. The van der Waals surface area contributed by atoms with Gasteiger partial charge in [-0.05, 0) is 38.1 Å². The predicted octanol–water partition coefficient (Wildman–Crippen LogP) is 1.94. The summed E-state index contributed by atoms with van der Waals surface area (Å²) in [5, 5.41) is 0. The molecule has 20 heavy (non-hydrogen) atoms. The third kappa shape index (κ3) is 4.05. The van der Waals surface area contributed by atoms with Crippen LogP contribution in [-0.4, -0.2) is 43.5 Å². The summed E-state index contributed by atoms with van der Waals surface area (Å²) in [6.45, 7) is 11.5. The maximum absolute atomic E-state index is 12.6. The van der Waals surface area contributed by atoms with Crippen LogP contribution in [-0.2, 0) is 4.79 Å². The van der Waals surface area contributed by atoms with Gasteiger partial charge in [-0.1, -0.05) is 32.0 Å². The molecule has 0 unspecified atom stereocenters. The van der Waals surface area contributed by atoms with E-state index in [1.807, 2.05) is 36.9 Å². The topological polar surface area (TPSA) is 49.6 Å². The lowest BCUT2D eigenvalue weighted by atomic mass is 10.1. The van der Waals surface area contributed by atoms with Gasteiger partial charge in [0.1, 0.15) is 0 Å². The highest BCUT2D eigenvalue weighted by Gasteiger charge is 2.20. The maximum atomic E-state index is 12.6. The second kappa shape index (κ2) is 8.02. The van der Waals surface area contributed by atoms with Gasteiger partial charge in [-0.15, -0.1) is 0 Å². The van der Waals surface area contributed by atoms with Gasteiger partial charge in [0.05, 0.1) is 6.54 Å². The average Bonchev–Trinajstić information content (AvgIpc) is 2.43. The summed E-state index contributed by atoms with van der Waals surface area (Å²) < 4.78 is 0. The second-order valence-corrected chi connectivity index (χ2v) is 5.04. The molecule has 4 nitrogen and oxygen atoms in total. The molecule has 0 fully saturated rings. The summed E-state index contributed by atoms with van der Waals surface area (Å²) in [6, 6.07) is 6.09. The van der Waals surface area contributed by atoms with Crippen LogP contribution in [0.5, 0.6) is 0 Å². The third-order valence-electron chi connectivity index (χ3n) is 3.62. The summed E-state index contributed by atoms with van der Waals surface area (Å²) in [5.41, 5.74) is 8.94. The molecule has 0 atom stereocenters. The number of nitrogens with two attached hydrogens (primary N) is 1. The number of carbonyl (C=O) groups is 1. The van der Waals surface area contributed by atoms with Gasteiger partial charge < -0.3 is 10.6 Å². The van der Waals surface area contributed by atoms with Crippen LogP contribution in [0.3, 0.4) is 0 Å². The van der Waals surface area contributed by atoms with Crippen molar-refractivity contribution < 1.29 is 4.79 Å². The highest BCUT2D eigenvalue weighted by atomic mass is 16.2. The van der Waals surface area contributed by atoms with Crippen LogP contribution < -0.4 is 10.6 Å². The Morgan fingerprint density at radius 2 is 1.70 bits per heavy atom. The Kier molecular flexibility index (Phi) is 6.68. The van der Waals surface area contributed by atoms with Crippen molar-refractivity contribution in [3.05, 3.63) is 29.3 Å². The number of hydrogen-bond donors (Lipinski definition) is 1. The van der Waals surface area contributed by atoms with Gasteiger partial charge in [-0.2, -0.15) is 0 Å². The molecule has 1 aromatic carbocycles. The van der Waals surface area contributed by atoms with E-state index in [9.17, 15) is 4.79 Å². The van der Waals surface area contributed by atoms with E-state index in [1.54, 1.807) is 0 Å². The van der Waals surface area contributed by atoms with Crippen molar-refractivity contribution in [1.82, 2.24) is 4.90 Å². The van der Waals surface area contributed by atoms with Gasteiger partial charge in [0.25, 0.3) is 0 Å². The number of benzene rings is 1. The lowest BCUT2D eigenvalue weighted by molar-refractivity contribution is -0.119. The molecule has 1 aromatic rings. The number of carbonyl (C=O) groups excluding carboxylic acids is 1. The number of likely N-dealkylation sites (N-methyl/N-ethyl adjacent to an activating group) is 1. The fourth-order valence-corrected chi connectivity index (χ4v) is 2.45. The quantitative estimate of drug-likeness (QED) is 0.828. The minimum Gasteiger partial charge on any atom is -0.329 e. The third-order valence-corrected chi connectivity index (χ3v) is 3.62. The molecule has 0 aromatic heterocycles. The Bertz CT molecular complexity index is 421. The van der Waals surface area contributed by atoms with Crippen molar-refractivity contribution in [2.75, 3.05) is 37.6 Å². The highest BCUT2D eigenvalue weighted by Crippen LogP contribution is 2.24. The molecule has 0 radical (unpaired) electrons. The van der Waals surface area contributed by atoms with Crippen LogP contribution in [0.25, 0.3) is 0 Å². The summed E-state index contributed by atoms with van der Waals surface area (Å²) in [6.07, 6.45) is 0. The fourth-order valence-electron chi connectivity index (χ4n) is 2.45. The largest absolute Gasteiger partial charge is 0.329 e. The molecule has 0 bridgehead atoms. The number of amides is 1. The Morgan fingerprint density at radius 3 is 2.15 bits per heavy atom. The van der Waals surface area contributed by atoms with E-state index >= 15 is 0 Å². The van der Waals surface area contributed by atoms with E-state index in [-0.39, 0.29) is 5.91 Å². The fraction of sp³-hybridized carbons (Fsp3) is 0.562. The number of rotatable bonds is 7. The number of anilines is 1. The molecule has 0 aliphatic heterocycles. The lowest BCUT2D eigenvalue weighted by Gasteiger charge is -2.28. The molecular formula is C16H27N3O. The number of nitrogens with zero attached hydrogens (tertiary/aromatic N) is 2. The maximum Gasteiger partial charge on any atom is 0.241 e. The number of para-hydroxylation sites is 1. The van der Waals surface area contributed by atoms with Crippen LogP contribution in [0.4, 0.5) is 5.69 Å². The highest BCUT2D eigenvalue weighted by molar-refractivity contribution is 5.96. The van der Waals surface area contributed by atoms with Crippen molar-refractivity contribution in [1.29, 1.82) is 0 Å². The van der Waals surface area contributed by atoms with Crippen molar-refractivity contribution in [3.63, 3.8) is 0 Å². The van der Waals surface area contributed by atoms with Crippen molar-refractivity contribution in [3.8, 4) is 0 Å². The van der Waals surface area contributed by atoms with Gasteiger partial charge in [0.2, 0.25) is 5.91 Å². The molecule has 0 spiro atoms. The molecular weight excluding hydrogens is 250 g/mol. The van der Waals surface area contributed by atoms with Gasteiger partial charge in [0.15, 0.2) is 0 Å². The molecule has 4 heteroatoms. The Morgan fingerprint density at radius 1 is 1.15 bits per heavy atom. The molecule has 1 amide bonds. The van der Waals surface area contributed by atoms with E-state index in [1.165, 1.54) is 0 Å². The van der Waals surface area contributed by atoms with E-state index in [0.29, 0.717) is 19.6 Å². The van der Waals surface area contributed by atoms with Crippen LogP contribution in [0, 0.1) is 13.8 Å². The van der Waals surface area contributed by atoms with Crippen LogP contribution >= 0.6 is 0 Å². The summed E-state index contributed by atoms with van der Waals surface area (Å²) in [5.74, 6) is 0.122. The van der Waals surface area contributed by atoms with E-state index in [2.05, 4.69) is 18.7 Å². The zero-order valence-electron chi connectivity index (χ0n) is 13.1. The summed E-state index contributed by atoms with van der Waals surface area (Å²) in [7, 11) is 0. The van der Waals surface area contributed by atoms with Gasteiger partial charge in [-0.25, -0.2) is 0 Å². The van der Waals surface area contributed by atoms with Crippen LogP contribution in [0.2, 0.25) is 0 Å². The zero-order valence-corrected chi connectivity index (χ0v) is 13.1. The minimum atomic E-state index is 0.122. The Labute approximate surface area is 122 Å². The normalized spacial score (nSPS) is 10.9. The standard InChI is InChI=1S/C16H27N3O/c1-5-18(6-2)12-15(20)19(11-10-17)16-13(3)8-7-9-14(16)4/h7-9H,5-6,10-12,17H2,1-4H3. The van der Waals surface area contributed by atoms with E-state index < -0.39 is 0 Å². The molecule has 1 rings (SSSR count). The number of aryl methyl sites for hydroxylation is 2. The Balaban J connectivity index is 3.02. The SMILES string of the molecule is CCN(CC)CC(=O)N(CCN)c1c(C)cccc1C. The summed E-state index contributed by atoms with van der Waals surface area (Å²) in [4.78, 5) is 16.6. The first-order valence-corrected chi connectivity index (χ1v) is 7.34. The van der Waals surface area contributed by atoms with Crippen molar-refractivity contribution >= 4 is 11.6 Å². The predicted molar refractivity (Wildman–Crippen MR) is 85.1 cm³/mol. The molecule has 2 N–H and O–H groups in total. The van der Waals surface area contributed by atoms with E-state index in [4.69, 9.17) is 5.73 Å². The monoisotopic (exact) mass is 277 g/mol. The first kappa shape index (κ1) is 16.7. The van der Waals surface area contributed by atoms with Gasteiger partial charge in [0, 0.05) is 18.8 Å². The first-order chi connectivity index (χ1) is 9.54. The van der Waals surface area contributed by atoms with E-state index in [0.717, 1.165) is 29.9 Å². The molecule has 112 valence electrons. The molecule has 0 saturated carbocycles. The zero-order chi connectivity index (χ0) is 15.1. The molecule has 0 saturated heterocycles. The molecule has 0 heterocycles. The van der Waals surface area contributed by atoms with Crippen molar-refractivity contribution in [2.45, 2.75) is 27.7 Å². The lowest BCUT2D eigenvalue weighted by Crippen LogP contribution is -2.43. The molecule has 0 aliphatic rings. The molecule has 0 aliphatic carbocycles. The average molecular weight is 277 g/mol. The van der Waals surface area contributed by atoms with Gasteiger partial charge in [-0.3, -0.25) is 9.69 Å². The second-order valence-electron chi connectivity index (χ2n) is 5.04. The van der Waals surface area contributed by atoms with Gasteiger partial charge >= 0.3 is 0 Å². The Hall–Kier alpha value is -1.39.